The third kappa shape index (κ3) is 3.10. The molecule has 0 spiro atoms. The number of hydrogen-bond acceptors (Lipinski definition) is 3. The third-order valence-corrected chi connectivity index (χ3v) is 3.48. The number of aliphatic hydroxyl groups excluding tert-OH is 1. The monoisotopic (exact) mass is 371 g/mol. The molecule has 2 rings (SSSR count). The summed E-state index contributed by atoms with van der Waals surface area (Å²) in [5, 5.41) is 9.02. The lowest BCUT2D eigenvalue weighted by Crippen LogP contribution is -1.94. The van der Waals surface area contributed by atoms with E-state index in [1.54, 1.807) is 6.20 Å². The highest BCUT2D eigenvalue weighted by Crippen LogP contribution is 2.32. The van der Waals surface area contributed by atoms with Gasteiger partial charge in [0.1, 0.15) is 5.75 Å². The average molecular weight is 373 g/mol. The Morgan fingerprint density at radius 1 is 1.28 bits per heavy atom. The highest BCUT2D eigenvalue weighted by atomic mass is 79.9. The van der Waals surface area contributed by atoms with Crippen LogP contribution in [0.3, 0.4) is 0 Å². The van der Waals surface area contributed by atoms with Gasteiger partial charge in [-0.2, -0.15) is 0 Å². The van der Waals surface area contributed by atoms with E-state index in [0.717, 1.165) is 20.1 Å². The fraction of sp³-hybridized carbons (Fsp3) is 0.154. The summed E-state index contributed by atoms with van der Waals surface area (Å²) >= 11 is 6.82. The number of hydrogen-bond donors (Lipinski definition) is 1. The summed E-state index contributed by atoms with van der Waals surface area (Å²) in [4.78, 5) is 4.19. The van der Waals surface area contributed by atoms with Gasteiger partial charge in [-0.05, 0) is 52.7 Å². The second-order valence-electron chi connectivity index (χ2n) is 3.80. The molecule has 0 amide bonds. The SMILES string of the molecule is Cc1cc(CO)cnc1Oc1ccc(Br)cc1Br. The molecule has 0 fully saturated rings. The van der Waals surface area contributed by atoms with Crippen molar-refractivity contribution in [2.24, 2.45) is 0 Å². The van der Waals surface area contributed by atoms with Gasteiger partial charge in [-0.15, -0.1) is 0 Å². The van der Waals surface area contributed by atoms with E-state index in [4.69, 9.17) is 9.84 Å². The minimum Gasteiger partial charge on any atom is -0.438 e. The minimum atomic E-state index is -0.0178. The van der Waals surface area contributed by atoms with Gasteiger partial charge in [-0.25, -0.2) is 4.98 Å². The van der Waals surface area contributed by atoms with Crippen LogP contribution in [0.4, 0.5) is 0 Å². The number of benzene rings is 1. The molecule has 0 aliphatic rings. The van der Waals surface area contributed by atoms with E-state index >= 15 is 0 Å². The Balaban J connectivity index is 2.28. The Morgan fingerprint density at radius 3 is 2.67 bits per heavy atom. The van der Waals surface area contributed by atoms with Crippen LogP contribution in [0, 0.1) is 6.92 Å². The van der Waals surface area contributed by atoms with Crippen molar-refractivity contribution in [2.75, 3.05) is 0 Å². The van der Waals surface area contributed by atoms with Gasteiger partial charge < -0.3 is 9.84 Å². The van der Waals surface area contributed by atoms with E-state index in [9.17, 15) is 0 Å². The summed E-state index contributed by atoms with van der Waals surface area (Å²) in [6.45, 7) is 1.88. The van der Waals surface area contributed by atoms with Crippen LogP contribution in [0.5, 0.6) is 11.6 Å². The van der Waals surface area contributed by atoms with Gasteiger partial charge in [0, 0.05) is 16.2 Å². The summed E-state index contributed by atoms with van der Waals surface area (Å²) in [6, 6.07) is 7.52. The van der Waals surface area contributed by atoms with Gasteiger partial charge in [0.2, 0.25) is 5.88 Å². The highest BCUT2D eigenvalue weighted by Gasteiger charge is 2.07. The van der Waals surface area contributed by atoms with Crippen LogP contribution in [0.1, 0.15) is 11.1 Å². The maximum atomic E-state index is 9.02. The second-order valence-corrected chi connectivity index (χ2v) is 5.57. The second kappa shape index (κ2) is 5.82. The molecule has 0 bridgehead atoms. The molecule has 94 valence electrons. The summed E-state index contributed by atoms with van der Waals surface area (Å²) < 4.78 is 7.56. The molecule has 0 radical (unpaired) electrons. The zero-order valence-electron chi connectivity index (χ0n) is 9.65. The van der Waals surface area contributed by atoms with Gasteiger partial charge in [0.15, 0.2) is 0 Å². The van der Waals surface area contributed by atoms with Crippen LogP contribution < -0.4 is 4.74 Å². The quantitative estimate of drug-likeness (QED) is 0.877. The van der Waals surface area contributed by atoms with E-state index in [0.29, 0.717) is 11.6 Å². The van der Waals surface area contributed by atoms with E-state index in [2.05, 4.69) is 36.8 Å². The minimum absolute atomic E-state index is 0.0178. The lowest BCUT2D eigenvalue weighted by Gasteiger charge is -2.10. The van der Waals surface area contributed by atoms with Crippen molar-refractivity contribution < 1.29 is 9.84 Å². The Hall–Kier alpha value is -0.910. The first-order valence-corrected chi connectivity index (χ1v) is 6.88. The van der Waals surface area contributed by atoms with E-state index in [1.165, 1.54) is 0 Å². The molecule has 0 aliphatic carbocycles. The van der Waals surface area contributed by atoms with Gasteiger partial charge in [-0.1, -0.05) is 15.9 Å². The molecule has 0 atom stereocenters. The first kappa shape index (κ1) is 13.5. The molecular weight excluding hydrogens is 362 g/mol. The number of pyridine rings is 1. The highest BCUT2D eigenvalue weighted by molar-refractivity contribution is 9.11. The predicted molar refractivity (Wildman–Crippen MR) is 76.8 cm³/mol. The fourth-order valence-electron chi connectivity index (χ4n) is 1.48. The maximum Gasteiger partial charge on any atom is 0.222 e. The van der Waals surface area contributed by atoms with Crippen LogP contribution in [-0.2, 0) is 6.61 Å². The number of aromatic nitrogens is 1. The van der Waals surface area contributed by atoms with Crippen molar-refractivity contribution in [3.63, 3.8) is 0 Å². The largest absolute Gasteiger partial charge is 0.438 e. The fourth-order valence-corrected chi connectivity index (χ4v) is 2.60. The van der Waals surface area contributed by atoms with E-state index in [1.807, 2.05) is 31.2 Å². The molecule has 2 aromatic rings. The Kier molecular flexibility index (Phi) is 4.37. The summed E-state index contributed by atoms with van der Waals surface area (Å²) in [5.41, 5.74) is 1.66. The van der Waals surface area contributed by atoms with Crippen LogP contribution in [0.25, 0.3) is 0 Å². The van der Waals surface area contributed by atoms with Crippen molar-refractivity contribution in [3.05, 3.63) is 50.5 Å². The first-order chi connectivity index (χ1) is 8.60. The Morgan fingerprint density at radius 2 is 2.06 bits per heavy atom. The van der Waals surface area contributed by atoms with Crippen LogP contribution >= 0.6 is 31.9 Å². The number of aliphatic hydroxyl groups is 1. The van der Waals surface area contributed by atoms with Crippen molar-refractivity contribution in [2.45, 2.75) is 13.5 Å². The van der Waals surface area contributed by atoms with Crippen LogP contribution in [0.2, 0.25) is 0 Å². The van der Waals surface area contributed by atoms with Crippen LogP contribution in [0.15, 0.2) is 39.4 Å². The van der Waals surface area contributed by atoms with Gasteiger partial charge in [0.05, 0.1) is 11.1 Å². The van der Waals surface area contributed by atoms with Crippen LogP contribution in [-0.4, -0.2) is 10.1 Å². The molecule has 0 aliphatic heterocycles. The molecule has 0 unspecified atom stereocenters. The number of aryl methyl sites for hydroxylation is 1. The first-order valence-electron chi connectivity index (χ1n) is 5.29. The number of nitrogens with zero attached hydrogens (tertiary/aromatic N) is 1. The van der Waals surface area contributed by atoms with Crippen molar-refractivity contribution in [3.8, 4) is 11.6 Å². The van der Waals surface area contributed by atoms with Gasteiger partial charge in [0.25, 0.3) is 0 Å². The molecule has 1 aromatic heterocycles. The van der Waals surface area contributed by atoms with Crippen molar-refractivity contribution >= 4 is 31.9 Å². The summed E-state index contributed by atoms with van der Waals surface area (Å²) in [5.74, 6) is 1.24. The molecule has 0 saturated carbocycles. The Labute approximate surface area is 122 Å². The van der Waals surface area contributed by atoms with E-state index in [-0.39, 0.29) is 6.61 Å². The van der Waals surface area contributed by atoms with Gasteiger partial charge >= 0.3 is 0 Å². The summed E-state index contributed by atoms with van der Waals surface area (Å²) in [6.07, 6.45) is 1.61. The number of ether oxygens (including phenoxy) is 1. The van der Waals surface area contributed by atoms with Crippen molar-refractivity contribution in [1.29, 1.82) is 0 Å². The molecule has 1 N–H and O–H groups in total. The lowest BCUT2D eigenvalue weighted by molar-refractivity contribution is 0.281. The molecule has 0 saturated heterocycles. The van der Waals surface area contributed by atoms with Crippen molar-refractivity contribution in [1.82, 2.24) is 4.98 Å². The normalized spacial score (nSPS) is 10.4. The molecule has 18 heavy (non-hydrogen) atoms. The lowest BCUT2D eigenvalue weighted by atomic mass is 10.2. The predicted octanol–water partition coefficient (Wildman–Crippen LogP) is 4.20. The Bertz CT molecular complexity index is 573. The topological polar surface area (TPSA) is 42.4 Å². The zero-order chi connectivity index (χ0) is 13.1. The summed E-state index contributed by atoms with van der Waals surface area (Å²) in [7, 11) is 0. The molecular formula is C13H11Br2NO2. The number of rotatable bonds is 3. The zero-order valence-corrected chi connectivity index (χ0v) is 12.8. The molecule has 5 heteroatoms. The molecule has 1 heterocycles. The average Bonchev–Trinajstić information content (AvgIpc) is 2.34. The van der Waals surface area contributed by atoms with Gasteiger partial charge in [-0.3, -0.25) is 0 Å². The smallest absolute Gasteiger partial charge is 0.222 e. The van der Waals surface area contributed by atoms with E-state index < -0.39 is 0 Å². The number of halogens is 2. The third-order valence-electron chi connectivity index (χ3n) is 2.37. The molecule has 3 nitrogen and oxygen atoms in total. The maximum absolute atomic E-state index is 9.02. The standard InChI is InChI=1S/C13H11Br2NO2/c1-8-4-9(7-17)6-16-13(8)18-12-3-2-10(14)5-11(12)15/h2-6,17H,7H2,1H3. The molecule has 1 aromatic carbocycles.